The summed E-state index contributed by atoms with van der Waals surface area (Å²) in [4.78, 5) is 30.0. The van der Waals surface area contributed by atoms with Gasteiger partial charge in [-0.15, -0.1) is 0 Å². The number of carboxylic acids is 1. The van der Waals surface area contributed by atoms with Gasteiger partial charge >= 0.3 is 11.9 Å². The summed E-state index contributed by atoms with van der Waals surface area (Å²) in [5.74, 6) is 1.67. The molecule has 5 saturated carbocycles. The fourth-order valence-corrected chi connectivity index (χ4v) is 15.3. The Balaban J connectivity index is 0.977. The van der Waals surface area contributed by atoms with Crippen molar-refractivity contribution in [2.75, 3.05) is 45.8 Å². The van der Waals surface area contributed by atoms with Gasteiger partial charge in [0.05, 0.1) is 11.8 Å². The zero-order chi connectivity index (χ0) is 41.9. The van der Waals surface area contributed by atoms with E-state index in [4.69, 9.17) is 4.74 Å². The summed E-state index contributed by atoms with van der Waals surface area (Å²) in [6.45, 7) is 31.1. The minimum atomic E-state index is -1.13. The van der Waals surface area contributed by atoms with Crippen molar-refractivity contribution >= 4 is 11.9 Å². The number of carbonyl (C=O) groups is 2. The number of piperazine rings is 1. The Morgan fingerprint density at radius 3 is 2.31 bits per heavy atom. The Labute approximate surface area is 350 Å². The van der Waals surface area contributed by atoms with Gasteiger partial charge in [0, 0.05) is 51.2 Å². The maximum Gasteiger partial charge on any atom is 0.309 e. The highest BCUT2D eigenvalue weighted by atomic mass is 19.1. The van der Waals surface area contributed by atoms with E-state index in [0.717, 1.165) is 76.7 Å². The van der Waals surface area contributed by atoms with Gasteiger partial charge in [0.25, 0.3) is 0 Å². The van der Waals surface area contributed by atoms with Crippen molar-refractivity contribution in [1.29, 1.82) is 0 Å². The van der Waals surface area contributed by atoms with Crippen LogP contribution in [0.4, 0.5) is 4.39 Å². The minimum absolute atomic E-state index is 0.0971. The van der Waals surface area contributed by atoms with Gasteiger partial charge in [-0.2, -0.15) is 0 Å². The van der Waals surface area contributed by atoms with Gasteiger partial charge in [-0.25, -0.2) is 4.39 Å². The number of carbonyl (C=O) groups excluding carboxylic acids is 1. The smallest absolute Gasteiger partial charge is 0.309 e. The van der Waals surface area contributed by atoms with Gasteiger partial charge in [-0.05, 0) is 167 Å². The van der Waals surface area contributed by atoms with Crippen LogP contribution in [0.15, 0.2) is 36.4 Å². The number of hydrogen-bond donors (Lipinski definition) is 2. The van der Waals surface area contributed by atoms with Crippen LogP contribution in [0.5, 0.6) is 0 Å². The normalized spacial score (nSPS) is 38.8. The number of hydrogen-bond acceptors (Lipinski definition) is 6. The molecule has 1 aromatic carbocycles. The van der Waals surface area contributed by atoms with Crippen LogP contribution in [0.2, 0.25) is 0 Å². The molecule has 324 valence electrons. The summed E-state index contributed by atoms with van der Waals surface area (Å²) in [5, 5.41) is 13.6. The van der Waals surface area contributed by atoms with Crippen LogP contribution in [-0.2, 0) is 20.9 Å². The molecule has 7 nitrogen and oxygen atoms in total. The molecule has 10 atom stereocenters. The molecule has 7 rings (SSSR count). The Bertz CT molecular complexity index is 1690. The number of esters is 1. The second-order valence-corrected chi connectivity index (χ2v) is 22.5. The first-order chi connectivity index (χ1) is 27.3. The van der Waals surface area contributed by atoms with Crippen molar-refractivity contribution in [2.24, 2.45) is 62.1 Å². The monoisotopic (exact) mass is 804 g/mol. The first kappa shape index (κ1) is 43.8. The number of ether oxygens (including phenoxy) is 1. The molecule has 58 heavy (non-hydrogen) atoms. The Hall–Kier alpha value is -2.29. The average Bonchev–Trinajstić information content (AvgIpc) is 3.53. The number of aliphatic carboxylic acids is 1. The van der Waals surface area contributed by atoms with Crippen molar-refractivity contribution in [3.05, 3.63) is 47.8 Å². The lowest BCUT2D eigenvalue weighted by Crippen LogP contribution is -2.66. The third-order valence-electron chi connectivity index (χ3n) is 18.8. The Kier molecular flexibility index (Phi) is 12.2. The predicted octanol–water partition coefficient (Wildman–Crippen LogP) is 9.99. The molecular weight excluding hydrogens is 726 g/mol. The SMILES string of the molecule is C=C(C)[C@@H]1CC[C@]2(CCNCCN3CCN(Cc4cccc(F)c4)CC3)CC[C@]3(C)[C@H](CC[C@@H]4[C@@]5(C)CC[C@H](OC(=O)CC(C)(C)C(=O)O)C(C)(C)[C@@H]5CC[C@]43C)[C@@H]12. The first-order valence-corrected chi connectivity index (χ1v) is 23.2. The molecule has 1 heterocycles. The number of halogens is 1. The van der Waals surface area contributed by atoms with Crippen molar-refractivity contribution in [1.82, 2.24) is 15.1 Å². The van der Waals surface area contributed by atoms with Crippen LogP contribution in [0.3, 0.4) is 0 Å². The van der Waals surface area contributed by atoms with E-state index in [1.807, 2.05) is 12.1 Å². The molecule has 0 radical (unpaired) electrons. The second kappa shape index (κ2) is 16.2. The van der Waals surface area contributed by atoms with Crippen LogP contribution in [0.25, 0.3) is 0 Å². The molecule has 6 aliphatic rings. The van der Waals surface area contributed by atoms with Crippen LogP contribution < -0.4 is 5.32 Å². The van der Waals surface area contributed by atoms with Crippen LogP contribution in [0.1, 0.15) is 138 Å². The third-order valence-corrected chi connectivity index (χ3v) is 18.8. The largest absolute Gasteiger partial charge is 0.481 e. The van der Waals surface area contributed by atoms with E-state index in [1.54, 1.807) is 19.9 Å². The lowest BCUT2D eigenvalue weighted by Gasteiger charge is -2.73. The number of rotatable bonds is 13. The topological polar surface area (TPSA) is 82.1 Å². The van der Waals surface area contributed by atoms with Gasteiger partial charge < -0.3 is 15.2 Å². The maximum absolute atomic E-state index is 13.7. The summed E-state index contributed by atoms with van der Waals surface area (Å²) in [6.07, 6.45) is 13.2. The Morgan fingerprint density at radius 2 is 1.62 bits per heavy atom. The molecular formula is C50H78FN3O4. The van der Waals surface area contributed by atoms with Crippen LogP contribution in [-0.4, -0.2) is 78.8 Å². The lowest BCUT2D eigenvalue weighted by atomic mass is 9.32. The number of fused-ring (bicyclic) bond motifs is 7. The first-order valence-electron chi connectivity index (χ1n) is 23.2. The highest BCUT2D eigenvalue weighted by Gasteiger charge is 2.71. The van der Waals surface area contributed by atoms with E-state index >= 15 is 0 Å². The molecule has 0 spiro atoms. The van der Waals surface area contributed by atoms with E-state index in [-0.39, 0.29) is 46.0 Å². The highest BCUT2D eigenvalue weighted by molar-refractivity contribution is 5.81. The van der Waals surface area contributed by atoms with Crippen LogP contribution in [0, 0.1) is 67.9 Å². The standard InChI is InChI=1S/C50H78FN3O4/c1-34(2)37-15-20-50(23-24-52-25-26-53-27-29-54(30-28-53)33-35-11-10-12-36(51)31-35)22-21-48(8)38(43(37)50)13-14-40-47(7)18-17-41(58-42(55)32-45(3,4)44(56)57)46(5,6)39(47)16-19-49(40,48)9/h10-12,31,37-41,43,52H,1,13-30,32-33H2,2-9H3,(H,56,57)/t37-,38+,39-,40+,41-,43+,47-,48+,49+,50+/m0/s1. The third kappa shape index (κ3) is 7.76. The zero-order valence-corrected chi connectivity index (χ0v) is 37.6. The van der Waals surface area contributed by atoms with Crippen LogP contribution >= 0.6 is 0 Å². The van der Waals surface area contributed by atoms with Gasteiger partial charge in [-0.1, -0.05) is 58.9 Å². The second-order valence-electron chi connectivity index (χ2n) is 22.5. The average molecular weight is 804 g/mol. The molecule has 0 aromatic heterocycles. The highest BCUT2D eigenvalue weighted by Crippen LogP contribution is 2.78. The van der Waals surface area contributed by atoms with Crippen molar-refractivity contribution < 1.29 is 23.8 Å². The minimum Gasteiger partial charge on any atom is -0.481 e. The maximum atomic E-state index is 13.7. The van der Waals surface area contributed by atoms with Crippen molar-refractivity contribution in [2.45, 2.75) is 145 Å². The number of carboxylic acid groups (broad SMARTS) is 1. The van der Waals surface area contributed by atoms with Gasteiger partial charge in [0.1, 0.15) is 11.9 Å². The fourth-order valence-electron chi connectivity index (χ4n) is 15.3. The van der Waals surface area contributed by atoms with E-state index in [2.05, 4.69) is 63.2 Å². The summed E-state index contributed by atoms with van der Waals surface area (Å²) < 4.78 is 19.9. The molecule has 1 aromatic rings. The van der Waals surface area contributed by atoms with Gasteiger partial charge in [0.15, 0.2) is 0 Å². The van der Waals surface area contributed by atoms with E-state index in [1.165, 1.54) is 69.4 Å². The van der Waals surface area contributed by atoms with Gasteiger partial charge in [-0.3, -0.25) is 19.4 Å². The molecule has 2 N–H and O–H groups in total. The number of benzene rings is 1. The molecule has 0 unspecified atom stereocenters. The van der Waals surface area contributed by atoms with E-state index in [9.17, 15) is 19.1 Å². The quantitative estimate of drug-likeness (QED) is 0.117. The molecule has 0 bridgehead atoms. The summed E-state index contributed by atoms with van der Waals surface area (Å²) in [5.41, 5.74) is 2.30. The predicted molar refractivity (Wildman–Crippen MR) is 230 cm³/mol. The molecule has 8 heteroatoms. The zero-order valence-electron chi connectivity index (χ0n) is 37.6. The molecule has 5 aliphatic carbocycles. The van der Waals surface area contributed by atoms with E-state index in [0.29, 0.717) is 29.1 Å². The molecule has 0 amide bonds. The number of allylic oxidation sites excluding steroid dienone is 1. The fraction of sp³-hybridized carbons (Fsp3) is 0.800. The molecule has 1 aliphatic heterocycles. The Morgan fingerprint density at radius 1 is 0.897 bits per heavy atom. The molecule has 6 fully saturated rings. The lowest BCUT2D eigenvalue weighted by molar-refractivity contribution is -0.250. The van der Waals surface area contributed by atoms with Gasteiger partial charge in [0.2, 0.25) is 0 Å². The summed E-state index contributed by atoms with van der Waals surface area (Å²) >= 11 is 0. The van der Waals surface area contributed by atoms with E-state index < -0.39 is 11.4 Å². The summed E-state index contributed by atoms with van der Waals surface area (Å²) in [7, 11) is 0. The van der Waals surface area contributed by atoms with Crippen molar-refractivity contribution in [3.8, 4) is 0 Å². The summed E-state index contributed by atoms with van der Waals surface area (Å²) in [6, 6.07) is 7.03. The van der Waals surface area contributed by atoms with Crippen molar-refractivity contribution in [3.63, 3.8) is 0 Å². The molecule has 1 saturated heterocycles. The number of nitrogens with zero attached hydrogens (tertiary/aromatic N) is 2. The number of nitrogens with one attached hydrogen (secondary N) is 1.